The summed E-state index contributed by atoms with van der Waals surface area (Å²) in [6.45, 7) is 2.37. The van der Waals surface area contributed by atoms with Crippen molar-refractivity contribution in [2.75, 3.05) is 25.6 Å². The summed E-state index contributed by atoms with van der Waals surface area (Å²) in [7, 11) is 3.26. The standard InChI is InChI=1S/C22H23ClN6O3S/c1-11(30)25-16(20(31)29(2)3)10-33-22-27-19(26-21(24)28-22)18-14-6-4-5-12-8-32-9-13(17(12)14)7-15(18)23/h4-7,16H,8-10H2,1-3H3,(H,25,30)(H2,24,26,27,28). The van der Waals surface area contributed by atoms with Gasteiger partial charge in [0.05, 0.1) is 18.2 Å². The molecule has 2 aromatic carbocycles. The molecule has 2 amide bonds. The maximum atomic E-state index is 12.4. The molecule has 2 heterocycles. The van der Waals surface area contributed by atoms with Gasteiger partial charge in [0.2, 0.25) is 17.8 Å². The van der Waals surface area contributed by atoms with Crippen molar-refractivity contribution in [2.24, 2.45) is 0 Å². The number of nitrogens with zero attached hydrogens (tertiary/aromatic N) is 4. The highest BCUT2D eigenvalue weighted by molar-refractivity contribution is 7.99. The van der Waals surface area contributed by atoms with Gasteiger partial charge in [0.1, 0.15) is 6.04 Å². The van der Waals surface area contributed by atoms with E-state index in [4.69, 9.17) is 22.1 Å². The number of nitrogens with one attached hydrogen (secondary N) is 1. The number of carbonyl (C=O) groups is 2. The predicted octanol–water partition coefficient (Wildman–Crippen LogP) is 2.64. The molecule has 9 nitrogen and oxygen atoms in total. The lowest BCUT2D eigenvalue weighted by Gasteiger charge is -2.21. The van der Waals surface area contributed by atoms with E-state index in [9.17, 15) is 9.59 Å². The lowest BCUT2D eigenvalue weighted by atomic mass is 9.94. The number of rotatable bonds is 6. The number of benzene rings is 2. The van der Waals surface area contributed by atoms with Crippen molar-refractivity contribution in [3.63, 3.8) is 0 Å². The van der Waals surface area contributed by atoms with E-state index in [1.165, 1.54) is 23.6 Å². The zero-order chi connectivity index (χ0) is 23.7. The molecule has 1 aliphatic rings. The molecule has 4 rings (SSSR count). The molecule has 3 N–H and O–H groups in total. The number of halogens is 1. The number of amides is 2. The van der Waals surface area contributed by atoms with Crippen molar-refractivity contribution < 1.29 is 14.3 Å². The van der Waals surface area contributed by atoms with Crippen LogP contribution in [0.5, 0.6) is 0 Å². The Morgan fingerprint density at radius 2 is 2.00 bits per heavy atom. The Bertz CT molecular complexity index is 1250. The quantitative estimate of drug-likeness (QED) is 0.510. The summed E-state index contributed by atoms with van der Waals surface area (Å²) >= 11 is 7.87. The summed E-state index contributed by atoms with van der Waals surface area (Å²) in [4.78, 5) is 38.5. The van der Waals surface area contributed by atoms with E-state index in [0.29, 0.717) is 34.8 Å². The third kappa shape index (κ3) is 4.87. The molecule has 1 aromatic heterocycles. The third-order valence-electron chi connectivity index (χ3n) is 5.15. The smallest absolute Gasteiger partial charge is 0.245 e. The largest absolute Gasteiger partial charge is 0.372 e. The zero-order valence-electron chi connectivity index (χ0n) is 18.4. The first-order chi connectivity index (χ1) is 15.7. The van der Waals surface area contributed by atoms with E-state index in [1.54, 1.807) is 14.1 Å². The molecule has 1 atom stereocenters. The predicted molar refractivity (Wildman–Crippen MR) is 128 cm³/mol. The highest BCUT2D eigenvalue weighted by atomic mass is 35.5. The summed E-state index contributed by atoms with van der Waals surface area (Å²) in [6, 6.07) is 7.09. The normalized spacial score (nSPS) is 13.6. The van der Waals surface area contributed by atoms with E-state index in [0.717, 1.165) is 21.9 Å². The number of thioether (sulfide) groups is 1. The Morgan fingerprint density at radius 1 is 1.24 bits per heavy atom. The van der Waals surface area contributed by atoms with Gasteiger partial charge in [-0.3, -0.25) is 9.59 Å². The van der Waals surface area contributed by atoms with Gasteiger partial charge in [-0.2, -0.15) is 9.97 Å². The Balaban J connectivity index is 1.71. The van der Waals surface area contributed by atoms with Gasteiger partial charge in [-0.15, -0.1) is 0 Å². The van der Waals surface area contributed by atoms with Gasteiger partial charge in [-0.05, 0) is 28.0 Å². The maximum Gasteiger partial charge on any atom is 0.245 e. The average Bonchev–Trinajstić information content (AvgIpc) is 2.75. The third-order valence-corrected chi connectivity index (χ3v) is 6.39. The number of nitrogen functional groups attached to an aromatic ring is 1. The number of nitrogens with two attached hydrogens (primary N) is 1. The fourth-order valence-electron chi connectivity index (χ4n) is 3.78. The SMILES string of the molecule is CC(=O)NC(CSc1nc(N)nc(-c2c(Cl)cc3c4c(cccc24)COC3)n1)C(=O)N(C)C. The molecule has 1 unspecified atom stereocenters. The molecule has 11 heteroatoms. The van der Waals surface area contributed by atoms with Crippen molar-refractivity contribution in [3.8, 4) is 11.4 Å². The van der Waals surface area contributed by atoms with Gasteiger partial charge in [0.25, 0.3) is 0 Å². The lowest BCUT2D eigenvalue weighted by Crippen LogP contribution is -2.47. The fraction of sp³-hybridized carbons (Fsp3) is 0.318. The van der Waals surface area contributed by atoms with E-state index in [2.05, 4.69) is 20.3 Å². The van der Waals surface area contributed by atoms with E-state index >= 15 is 0 Å². The van der Waals surface area contributed by atoms with Crippen LogP contribution in [0.25, 0.3) is 22.2 Å². The summed E-state index contributed by atoms with van der Waals surface area (Å²) in [6.07, 6.45) is 0. The number of ether oxygens (including phenoxy) is 1. The Hall–Kier alpha value is -2.95. The van der Waals surface area contributed by atoms with Crippen LogP contribution in [-0.2, 0) is 27.5 Å². The Kier molecular flexibility index (Phi) is 6.68. The fourth-order valence-corrected chi connectivity index (χ4v) is 4.95. The topological polar surface area (TPSA) is 123 Å². The van der Waals surface area contributed by atoms with E-state index in [-0.39, 0.29) is 23.5 Å². The molecule has 3 aromatic rings. The van der Waals surface area contributed by atoms with Crippen molar-refractivity contribution in [3.05, 3.63) is 40.4 Å². The van der Waals surface area contributed by atoms with Crippen LogP contribution >= 0.6 is 23.4 Å². The first-order valence-electron chi connectivity index (χ1n) is 10.2. The summed E-state index contributed by atoms with van der Waals surface area (Å²) in [5.74, 6) is 0.0894. The van der Waals surface area contributed by atoms with Gasteiger partial charge >= 0.3 is 0 Å². The number of anilines is 1. The molecule has 0 saturated heterocycles. The van der Waals surface area contributed by atoms with Crippen LogP contribution in [0.1, 0.15) is 18.1 Å². The Morgan fingerprint density at radius 3 is 2.73 bits per heavy atom. The summed E-state index contributed by atoms with van der Waals surface area (Å²) in [5.41, 5.74) is 8.75. The number of hydrogen-bond donors (Lipinski definition) is 2. The first-order valence-corrected chi connectivity index (χ1v) is 11.5. The molecular weight excluding hydrogens is 464 g/mol. The highest BCUT2D eigenvalue weighted by Gasteiger charge is 2.24. The van der Waals surface area contributed by atoms with E-state index < -0.39 is 6.04 Å². The van der Waals surface area contributed by atoms with Crippen LogP contribution in [0.2, 0.25) is 5.02 Å². The molecule has 0 aliphatic carbocycles. The minimum Gasteiger partial charge on any atom is -0.372 e. The van der Waals surface area contributed by atoms with Crippen LogP contribution in [-0.4, -0.2) is 57.6 Å². The van der Waals surface area contributed by atoms with Gasteiger partial charge in [-0.25, -0.2) is 4.98 Å². The molecule has 0 radical (unpaired) electrons. The van der Waals surface area contributed by atoms with Crippen molar-refractivity contribution >= 4 is 51.9 Å². The van der Waals surface area contributed by atoms with Crippen LogP contribution in [0.15, 0.2) is 29.4 Å². The first kappa shape index (κ1) is 23.2. The van der Waals surface area contributed by atoms with Crippen LogP contribution in [0.4, 0.5) is 5.95 Å². The number of likely N-dealkylation sites (N-methyl/N-ethyl adjacent to an activating group) is 1. The minimum atomic E-state index is -0.729. The van der Waals surface area contributed by atoms with Crippen LogP contribution in [0, 0.1) is 0 Å². The molecular formula is C22H23ClN6O3S. The second-order valence-electron chi connectivity index (χ2n) is 7.82. The van der Waals surface area contributed by atoms with Gasteiger partial charge in [-0.1, -0.05) is 41.6 Å². The van der Waals surface area contributed by atoms with Crippen LogP contribution in [0.3, 0.4) is 0 Å². The number of aromatic nitrogens is 3. The van der Waals surface area contributed by atoms with Crippen LogP contribution < -0.4 is 11.1 Å². The van der Waals surface area contributed by atoms with E-state index in [1.807, 2.05) is 24.3 Å². The van der Waals surface area contributed by atoms with Gasteiger partial charge in [0, 0.05) is 32.3 Å². The molecule has 0 bridgehead atoms. The second-order valence-corrected chi connectivity index (χ2v) is 9.22. The lowest BCUT2D eigenvalue weighted by molar-refractivity contribution is -0.133. The van der Waals surface area contributed by atoms with Gasteiger partial charge in [0.15, 0.2) is 11.0 Å². The molecule has 0 saturated carbocycles. The van der Waals surface area contributed by atoms with Gasteiger partial charge < -0.3 is 20.7 Å². The molecule has 33 heavy (non-hydrogen) atoms. The molecule has 0 spiro atoms. The molecule has 1 aliphatic heterocycles. The molecule has 172 valence electrons. The number of hydrogen-bond acceptors (Lipinski definition) is 8. The van der Waals surface area contributed by atoms with Crippen molar-refractivity contribution in [1.82, 2.24) is 25.2 Å². The van der Waals surface area contributed by atoms with Crippen molar-refractivity contribution in [1.29, 1.82) is 0 Å². The number of carbonyl (C=O) groups excluding carboxylic acids is 2. The zero-order valence-corrected chi connectivity index (χ0v) is 20.0. The Labute approximate surface area is 200 Å². The monoisotopic (exact) mass is 486 g/mol. The second kappa shape index (κ2) is 9.50. The maximum absolute atomic E-state index is 12.4. The average molecular weight is 487 g/mol. The highest BCUT2D eigenvalue weighted by Crippen LogP contribution is 2.39. The minimum absolute atomic E-state index is 0.0392. The van der Waals surface area contributed by atoms with Crippen molar-refractivity contribution in [2.45, 2.75) is 31.3 Å². The molecule has 0 fully saturated rings. The summed E-state index contributed by atoms with van der Waals surface area (Å²) < 4.78 is 5.66. The summed E-state index contributed by atoms with van der Waals surface area (Å²) in [5, 5.41) is 5.48.